The normalized spacial score (nSPS) is 16.1. The average Bonchev–Trinajstić information content (AvgIpc) is 2.91. The molecular formula is C16H31N3O. The Labute approximate surface area is 123 Å². The first kappa shape index (κ1) is 17.2. The zero-order chi connectivity index (χ0) is 15.0. The molecule has 1 aromatic rings. The fraction of sp³-hybridized carbons (Fsp3) is 0.812. The summed E-state index contributed by atoms with van der Waals surface area (Å²) in [5.74, 6) is 0. The van der Waals surface area contributed by atoms with Crippen molar-refractivity contribution < 1.29 is 4.74 Å². The summed E-state index contributed by atoms with van der Waals surface area (Å²) in [5, 5.41) is 8.27. The molecule has 0 saturated heterocycles. The van der Waals surface area contributed by atoms with Crippen molar-refractivity contribution in [3.05, 3.63) is 18.0 Å². The van der Waals surface area contributed by atoms with Gasteiger partial charge in [-0.1, -0.05) is 13.8 Å². The molecule has 4 heteroatoms. The van der Waals surface area contributed by atoms with E-state index in [4.69, 9.17) is 9.84 Å². The van der Waals surface area contributed by atoms with Crippen LogP contribution in [0.5, 0.6) is 0 Å². The molecule has 0 aromatic carbocycles. The van der Waals surface area contributed by atoms with Crippen LogP contribution in [0.15, 0.2) is 12.3 Å². The van der Waals surface area contributed by atoms with Crippen LogP contribution >= 0.6 is 0 Å². The number of ether oxygens (including phenoxy) is 1. The molecule has 1 aromatic heterocycles. The van der Waals surface area contributed by atoms with E-state index in [-0.39, 0.29) is 6.10 Å². The van der Waals surface area contributed by atoms with Crippen LogP contribution in [0.2, 0.25) is 0 Å². The summed E-state index contributed by atoms with van der Waals surface area (Å²) in [7, 11) is 0. The van der Waals surface area contributed by atoms with Gasteiger partial charge in [-0.25, -0.2) is 0 Å². The first-order valence-corrected chi connectivity index (χ1v) is 8.01. The Morgan fingerprint density at radius 3 is 2.65 bits per heavy atom. The van der Waals surface area contributed by atoms with Crippen LogP contribution in [-0.4, -0.2) is 35.1 Å². The minimum Gasteiger partial charge on any atom is -0.377 e. The van der Waals surface area contributed by atoms with Gasteiger partial charge < -0.3 is 10.1 Å². The van der Waals surface area contributed by atoms with Gasteiger partial charge in [0.1, 0.15) is 0 Å². The second kappa shape index (κ2) is 9.14. The molecule has 1 rings (SSSR count). The highest BCUT2D eigenvalue weighted by Crippen LogP contribution is 2.12. The van der Waals surface area contributed by atoms with Crippen molar-refractivity contribution in [1.29, 1.82) is 0 Å². The third kappa shape index (κ3) is 5.25. The van der Waals surface area contributed by atoms with Crippen LogP contribution < -0.4 is 5.32 Å². The number of rotatable bonds is 10. The highest BCUT2D eigenvalue weighted by molar-refractivity contribution is 5.03. The number of aromatic nitrogens is 2. The Kier molecular flexibility index (Phi) is 7.85. The third-order valence-electron chi connectivity index (χ3n) is 3.79. The minimum atomic E-state index is 0.209. The number of hydrogen-bond acceptors (Lipinski definition) is 3. The molecule has 0 fully saturated rings. The van der Waals surface area contributed by atoms with Gasteiger partial charge in [0.15, 0.2) is 0 Å². The van der Waals surface area contributed by atoms with Crippen molar-refractivity contribution in [2.24, 2.45) is 0 Å². The van der Waals surface area contributed by atoms with E-state index in [2.05, 4.69) is 50.0 Å². The van der Waals surface area contributed by atoms with E-state index in [9.17, 15) is 0 Å². The van der Waals surface area contributed by atoms with Crippen molar-refractivity contribution in [2.75, 3.05) is 13.2 Å². The van der Waals surface area contributed by atoms with E-state index in [1.807, 2.05) is 6.92 Å². The first-order chi connectivity index (χ1) is 9.62. The van der Waals surface area contributed by atoms with Gasteiger partial charge in [-0.05, 0) is 46.2 Å². The maximum absolute atomic E-state index is 5.75. The standard InChI is InChI=1S/C16H31N3O/c1-6-10-17-16(14(5)20-8-3)12-15-9-11-19(18-15)13(4)7-2/h9,11,13-14,16-17H,6-8,10,12H2,1-5H3. The molecule has 3 atom stereocenters. The summed E-state index contributed by atoms with van der Waals surface area (Å²) in [5.41, 5.74) is 1.14. The summed E-state index contributed by atoms with van der Waals surface area (Å²) >= 11 is 0. The zero-order valence-electron chi connectivity index (χ0n) is 13.7. The SMILES string of the molecule is CCCNC(Cc1ccn(C(C)CC)n1)C(C)OCC. The van der Waals surface area contributed by atoms with Gasteiger partial charge >= 0.3 is 0 Å². The van der Waals surface area contributed by atoms with Crippen molar-refractivity contribution in [2.45, 2.75) is 72.1 Å². The van der Waals surface area contributed by atoms with Crippen molar-refractivity contribution in [1.82, 2.24) is 15.1 Å². The van der Waals surface area contributed by atoms with E-state index >= 15 is 0 Å². The number of hydrogen-bond donors (Lipinski definition) is 1. The van der Waals surface area contributed by atoms with Gasteiger partial charge in [0.2, 0.25) is 0 Å². The van der Waals surface area contributed by atoms with Gasteiger partial charge in [0, 0.05) is 31.3 Å². The quantitative estimate of drug-likeness (QED) is 0.716. The fourth-order valence-corrected chi connectivity index (χ4v) is 2.26. The predicted molar refractivity (Wildman–Crippen MR) is 84.1 cm³/mol. The van der Waals surface area contributed by atoms with Crippen LogP contribution in [0.1, 0.15) is 59.2 Å². The van der Waals surface area contributed by atoms with Gasteiger partial charge in [-0.15, -0.1) is 0 Å². The molecule has 3 unspecified atom stereocenters. The number of nitrogens with zero attached hydrogens (tertiary/aromatic N) is 2. The van der Waals surface area contributed by atoms with Crippen molar-refractivity contribution in [3.8, 4) is 0 Å². The molecule has 0 bridgehead atoms. The second-order valence-corrected chi connectivity index (χ2v) is 5.47. The van der Waals surface area contributed by atoms with Crippen LogP contribution in [0.25, 0.3) is 0 Å². The van der Waals surface area contributed by atoms with Crippen molar-refractivity contribution >= 4 is 0 Å². The Morgan fingerprint density at radius 1 is 1.30 bits per heavy atom. The molecule has 20 heavy (non-hydrogen) atoms. The summed E-state index contributed by atoms with van der Waals surface area (Å²) in [6, 6.07) is 2.93. The van der Waals surface area contributed by atoms with Gasteiger partial charge in [0.25, 0.3) is 0 Å². The zero-order valence-corrected chi connectivity index (χ0v) is 13.7. The maximum Gasteiger partial charge on any atom is 0.0703 e. The minimum absolute atomic E-state index is 0.209. The molecule has 0 aliphatic rings. The first-order valence-electron chi connectivity index (χ1n) is 8.01. The summed E-state index contributed by atoms with van der Waals surface area (Å²) in [4.78, 5) is 0. The van der Waals surface area contributed by atoms with Gasteiger partial charge in [-0.2, -0.15) is 5.10 Å². The summed E-state index contributed by atoms with van der Waals surface area (Å²) < 4.78 is 7.82. The molecule has 0 amide bonds. The van der Waals surface area contributed by atoms with E-state index in [0.29, 0.717) is 12.1 Å². The lowest BCUT2D eigenvalue weighted by molar-refractivity contribution is 0.0473. The van der Waals surface area contributed by atoms with Crippen LogP contribution in [0.4, 0.5) is 0 Å². The third-order valence-corrected chi connectivity index (χ3v) is 3.79. The molecule has 0 radical (unpaired) electrons. The molecule has 116 valence electrons. The monoisotopic (exact) mass is 281 g/mol. The van der Waals surface area contributed by atoms with Crippen molar-refractivity contribution in [3.63, 3.8) is 0 Å². The number of nitrogens with one attached hydrogen (secondary N) is 1. The lowest BCUT2D eigenvalue weighted by Crippen LogP contribution is -2.42. The lowest BCUT2D eigenvalue weighted by atomic mass is 10.1. The molecular weight excluding hydrogens is 250 g/mol. The molecule has 4 nitrogen and oxygen atoms in total. The summed E-state index contributed by atoms with van der Waals surface area (Å²) in [6.07, 6.45) is 5.46. The molecule has 0 aliphatic carbocycles. The van der Waals surface area contributed by atoms with Crippen LogP contribution in [-0.2, 0) is 11.2 Å². The van der Waals surface area contributed by atoms with E-state index in [1.165, 1.54) is 0 Å². The van der Waals surface area contributed by atoms with Crippen LogP contribution in [0.3, 0.4) is 0 Å². The Morgan fingerprint density at radius 2 is 2.05 bits per heavy atom. The van der Waals surface area contributed by atoms with E-state index < -0.39 is 0 Å². The van der Waals surface area contributed by atoms with Crippen LogP contribution in [0, 0.1) is 0 Å². The predicted octanol–water partition coefficient (Wildman–Crippen LogP) is 3.19. The molecule has 1 N–H and O–H groups in total. The Bertz CT molecular complexity index is 364. The molecule has 0 saturated carbocycles. The van der Waals surface area contributed by atoms with Gasteiger partial charge in [-0.3, -0.25) is 4.68 Å². The average molecular weight is 281 g/mol. The second-order valence-electron chi connectivity index (χ2n) is 5.47. The van der Waals surface area contributed by atoms with E-state index in [1.54, 1.807) is 0 Å². The largest absolute Gasteiger partial charge is 0.377 e. The topological polar surface area (TPSA) is 39.1 Å². The van der Waals surface area contributed by atoms with Gasteiger partial charge in [0.05, 0.1) is 11.8 Å². The molecule has 0 spiro atoms. The molecule has 0 aliphatic heterocycles. The highest BCUT2D eigenvalue weighted by atomic mass is 16.5. The molecule has 1 heterocycles. The smallest absolute Gasteiger partial charge is 0.0703 e. The lowest BCUT2D eigenvalue weighted by Gasteiger charge is -2.24. The van der Waals surface area contributed by atoms with E-state index in [0.717, 1.165) is 38.1 Å². The Balaban J connectivity index is 2.65. The highest BCUT2D eigenvalue weighted by Gasteiger charge is 2.18. The fourth-order valence-electron chi connectivity index (χ4n) is 2.26. The Hall–Kier alpha value is -0.870. The maximum atomic E-state index is 5.75. The summed E-state index contributed by atoms with van der Waals surface area (Å²) in [6.45, 7) is 12.5.